The van der Waals surface area contributed by atoms with Gasteiger partial charge in [0, 0.05) is 0 Å². The molecule has 124 valence electrons. The molecule has 4 atom stereocenters. The van der Waals surface area contributed by atoms with Crippen LogP contribution in [0.3, 0.4) is 0 Å². The van der Waals surface area contributed by atoms with Crippen LogP contribution in [0.4, 0.5) is 0 Å². The van der Waals surface area contributed by atoms with Crippen LogP contribution in [0, 0.1) is 5.92 Å². The quantitative estimate of drug-likeness (QED) is 0.623. The highest BCUT2D eigenvalue weighted by molar-refractivity contribution is 5.20. The van der Waals surface area contributed by atoms with E-state index in [1.807, 2.05) is 0 Å². The highest BCUT2D eigenvalue weighted by Gasteiger charge is 2.56. The van der Waals surface area contributed by atoms with E-state index in [-0.39, 0.29) is 11.2 Å². The van der Waals surface area contributed by atoms with Crippen molar-refractivity contribution >= 4 is 0 Å². The molecule has 2 heterocycles. The molecule has 0 N–H and O–H groups in total. The maximum Gasteiger partial charge on any atom is 0.0923 e. The van der Waals surface area contributed by atoms with Gasteiger partial charge in [0.15, 0.2) is 0 Å². The summed E-state index contributed by atoms with van der Waals surface area (Å²) < 4.78 is 12.0. The summed E-state index contributed by atoms with van der Waals surface area (Å²) in [5.74, 6) is 0.618. The molecule has 4 unspecified atom stereocenters. The fraction of sp³-hybridized carbons (Fsp3) is 0.800. The van der Waals surface area contributed by atoms with E-state index >= 15 is 0 Å². The topological polar surface area (TPSA) is 25.1 Å². The fourth-order valence-electron chi connectivity index (χ4n) is 3.82. The number of fused-ring (bicyclic) bond motifs is 2. The monoisotopic (exact) mass is 304 g/mol. The van der Waals surface area contributed by atoms with Crippen LogP contribution in [-0.2, 0) is 9.47 Å². The van der Waals surface area contributed by atoms with Crippen molar-refractivity contribution in [2.45, 2.75) is 96.6 Å². The van der Waals surface area contributed by atoms with Crippen molar-refractivity contribution < 1.29 is 9.47 Å². The summed E-state index contributed by atoms with van der Waals surface area (Å²) in [4.78, 5) is 0. The number of allylic oxidation sites excluding steroid dienone is 4. The minimum Gasteiger partial charge on any atom is -0.366 e. The number of ether oxygens (including phenoxy) is 2. The van der Waals surface area contributed by atoms with Crippen LogP contribution < -0.4 is 0 Å². The molecule has 0 aromatic heterocycles. The predicted octanol–water partition coefficient (Wildman–Crippen LogP) is 5.18. The van der Waals surface area contributed by atoms with E-state index in [0.717, 1.165) is 38.5 Å². The maximum absolute atomic E-state index is 6.04. The van der Waals surface area contributed by atoms with Crippen LogP contribution in [0.5, 0.6) is 0 Å². The van der Waals surface area contributed by atoms with Crippen molar-refractivity contribution in [3.05, 3.63) is 23.3 Å². The third-order valence-electron chi connectivity index (χ3n) is 6.01. The summed E-state index contributed by atoms with van der Waals surface area (Å²) in [6, 6.07) is 0. The maximum atomic E-state index is 6.04. The lowest BCUT2D eigenvalue weighted by Gasteiger charge is -2.14. The molecule has 0 spiro atoms. The first-order chi connectivity index (χ1) is 10.3. The molecular formula is C20H32O2. The van der Waals surface area contributed by atoms with Crippen LogP contribution in [0.2, 0.25) is 0 Å². The largest absolute Gasteiger partial charge is 0.366 e. The van der Waals surface area contributed by atoms with Gasteiger partial charge in [0.05, 0.1) is 23.4 Å². The Morgan fingerprint density at radius 1 is 0.955 bits per heavy atom. The molecule has 2 heteroatoms. The van der Waals surface area contributed by atoms with Crippen LogP contribution in [0.15, 0.2) is 23.3 Å². The Morgan fingerprint density at radius 3 is 2.27 bits per heavy atom. The van der Waals surface area contributed by atoms with Crippen LogP contribution in [-0.4, -0.2) is 23.4 Å². The minimum atomic E-state index is 0.109. The van der Waals surface area contributed by atoms with Crippen molar-refractivity contribution in [3.63, 3.8) is 0 Å². The third kappa shape index (κ3) is 3.49. The summed E-state index contributed by atoms with van der Waals surface area (Å²) in [6.07, 6.45) is 12.5. The minimum absolute atomic E-state index is 0.109. The molecule has 0 aromatic carbocycles. The Balaban J connectivity index is 1.73. The Bertz CT molecular complexity index is 490. The van der Waals surface area contributed by atoms with Gasteiger partial charge in [-0.25, -0.2) is 0 Å². The van der Waals surface area contributed by atoms with E-state index in [2.05, 4.69) is 46.8 Å². The zero-order valence-electron chi connectivity index (χ0n) is 14.9. The van der Waals surface area contributed by atoms with E-state index in [0.29, 0.717) is 18.1 Å². The van der Waals surface area contributed by atoms with Crippen LogP contribution in [0.25, 0.3) is 0 Å². The smallest absolute Gasteiger partial charge is 0.0923 e. The van der Waals surface area contributed by atoms with Gasteiger partial charge < -0.3 is 9.47 Å². The van der Waals surface area contributed by atoms with Gasteiger partial charge in [-0.2, -0.15) is 0 Å². The lowest BCUT2D eigenvalue weighted by molar-refractivity contribution is 0.269. The molecule has 2 nitrogen and oxygen atoms in total. The molecule has 2 fully saturated rings. The van der Waals surface area contributed by atoms with E-state index < -0.39 is 0 Å². The Kier molecular flexibility index (Phi) is 4.28. The van der Waals surface area contributed by atoms with Gasteiger partial charge in [-0.15, -0.1) is 0 Å². The molecular weight excluding hydrogens is 272 g/mol. The number of rotatable bonds is 1. The summed E-state index contributed by atoms with van der Waals surface area (Å²) in [5, 5.41) is 0. The molecule has 1 aliphatic carbocycles. The Hall–Kier alpha value is -0.600. The molecule has 0 amide bonds. The third-order valence-corrected chi connectivity index (χ3v) is 6.01. The first kappa shape index (κ1) is 16.3. The fourth-order valence-corrected chi connectivity index (χ4v) is 3.82. The van der Waals surface area contributed by atoms with Gasteiger partial charge in [-0.3, -0.25) is 0 Å². The zero-order valence-corrected chi connectivity index (χ0v) is 14.9. The van der Waals surface area contributed by atoms with Gasteiger partial charge in [0.25, 0.3) is 0 Å². The number of hydrogen-bond acceptors (Lipinski definition) is 2. The second kappa shape index (κ2) is 5.79. The standard InChI is InChI=1S/C20H32O2/c1-14(2)16-8-6-15(3)7-9-17-20(5,21-17)13-11-18-19(4,22-18)12-10-16/h6,8,14,17-18H,7,9-13H2,1-5H3. The van der Waals surface area contributed by atoms with E-state index in [1.165, 1.54) is 5.57 Å². The van der Waals surface area contributed by atoms with Gasteiger partial charge in [0.2, 0.25) is 0 Å². The highest BCUT2D eigenvalue weighted by Crippen LogP contribution is 2.49. The molecule has 0 aromatic rings. The normalized spacial score (nSPS) is 42.6. The molecule has 0 radical (unpaired) electrons. The average molecular weight is 304 g/mol. The van der Waals surface area contributed by atoms with Crippen LogP contribution >= 0.6 is 0 Å². The second-order valence-corrected chi connectivity index (χ2v) is 8.32. The second-order valence-electron chi connectivity index (χ2n) is 8.32. The SMILES string of the molecule is CC1=CC=C(C(C)C)CCC2(C)OC2CCC2(C)OC2CC1. The van der Waals surface area contributed by atoms with Crippen LogP contribution in [0.1, 0.15) is 73.1 Å². The molecule has 3 rings (SSSR count). The van der Waals surface area contributed by atoms with Gasteiger partial charge in [-0.05, 0) is 65.2 Å². The van der Waals surface area contributed by atoms with E-state index in [9.17, 15) is 0 Å². The summed E-state index contributed by atoms with van der Waals surface area (Å²) in [6.45, 7) is 11.4. The van der Waals surface area contributed by atoms with Crippen molar-refractivity contribution in [2.24, 2.45) is 5.92 Å². The highest BCUT2D eigenvalue weighted by atomic mass is 16.6. The van der Waals surface area contributed by atoms with Crippen molar-refractivity contribution in [1.82, 2.24) is 0 Å². The van der Waals surface area contributed by atoms with Crippen molar-refractivity contribution in [3.8, 4) is 0 Å². The Morgan fingerprint density at radius 2 is 1.59 bits per heavy atom. The van der Waals surface area contributed by atoms with Gasteiger partial charge >= 0.3 is 0 Å². The zero-order chi connectivity index (χ0) is 16.0. The first-order valence-electron chi connectivity index (χ1n) is 9.04. The average Bonchev–Trinajstić information content (AvgIpc) is 3.30. The molecule has 22 heavy (non-hydrogen) atoms. The summed E-state index contributed by atoms with van der Waals surface area (Å²) in [5.41, 5.74) is 3.26. The molecule has 2 saturated heterocycles. The van der Waals surface area contributed by atoms with Crippen molar-refractivity contribution in [1.29, 1.82) is 0 Å². The number of hydrogen-bond donors (Lipinski definition) is 0. The molecule has 0 bridgehead atoms. The van der Waals surface area contributed by atoms with Gasteiger partial charge in [0.1, 0.15) is 0 Å². The summed E-state index contributed by atoms with van der Waals surface area (Å²) >= 11 is 0. The van der Waals surface area contributed by atoms with E-state index in [4.69, 9.17) is 9.47 Å². The first-order valence-corrected chi connectivity index (χ1v) is 9.04. The van der Waals surface area contributed by atoms with E-state index in [1.54, 1.807) is 5.57 Å². The molecule has 3 aliphatic rings. The number of epoxide rings is 2. The lowest BCUT2D eigenvalue weighted by atomic mass is 9.88. The lowest BCUT2D eigenvalue weighted by Crippen LogP contribution is -2.15. The van der Waals surface area contributed by atoms with Crippen molar-refractivity contribution in [2.75, 3.05) is 0 Å². The van der Waals surface area contributed by atoms with Gasteiger partial charge in [-0.1, -0.05) is 37.1 Å². The Labute approximate surface area is 136 Å². The summed E-state index contributed by atoms with van der Waals surface area (Å²) in [7, 11) is 0. The predicted molar refractivity (Wildman–Crippen MR) is 90.9 cm³/mol. The molecule has 2 aliphatic heterocycles. The molecule has 0 saturated carbocycles.